The third-order valence-corrected chi connectivity index (χ3v) is 4.36. The van der Waals surface area contributed by atoms with Crippen molar-refractivity contribution in [1.82, 2.24) is 20.4 Å². The molecule has 2 N–H and O–H groups in total. The lowest BCUT2D eigenvalue weighted by Crippen LogP contribution is -2.41. The molecule has 0 atom stereocenters. The number of halogens is 1. The van der Waals surface area contributed by atoms with E-state index in [0.717, 1.165) is 12.0 Å². The molecule has 1 aromatic heterocycles. The lowest BCUT2D eigenvalue weighted by molar-refractivity contribution is -0.123. The topological polar surface area (TPSA) is 102 Å². The quantitative estimate of drug-likeness (QED) is 0.688. The summed E-state index contributed by atoms with van der Waals surface area (Å²) in [5.74, 6) is -1.38. The van der Waals surface area contributed by atoms with Crippen molar-refractivity contribution in [1.29, 1.82) is 0 Å². The van der Waals surface area contributed by atoms with Crippen LogP contribution in [0.2, 0.25) is 5.02 Å². The number of esters is 1. The van der Waals surface area contributed by atoms with Crippen molar-refractivity contribution in [3.63, 3.8) is 0 Å². The van der Waals surface area contributed by atoms with Gasteiger partial charge >= 0.3 is 12.0 Å². The smallest absolute Gasteiger partial charge is 0.342 e. The molecule has 3 amide bonds. The van der Waals surface area contributed by atoms with E-state index in [9.17, 15) is 14.4 Å². The van der Waals surface area contributed by atoms with E-state index in [0.29, 0.717) is 29.5 Å². The Labute approximate surface area is 168 Å². The number of benzene rings is 1. The van der Waals surface area contributed by atoms with Crippen molar-refractivity contribution in [3.8, 4) is 0 Å². The fourth-order valence-electron chi connectivity index (χ4n) is 2.58. The maximum absolute atomic E-state index is 12.4. The summed E-state index contributed by atoms with van der Waals surface area (Å²) in [5.41, 5.74) is 2.24. The molecule has 0 fully saturated rings. The second-order valence-corrected chi connectivity index (χ2v) is 6.58. The van der Waals surface area contributed by atoms with Gasteiger partial charge in [0.05, 0.1) is 17.9 Å². The van der Waals surface area contributed by atoms with Crippen LogP contribution in [0.15, 0.2) is 24.3 Å². The van der Waals surface area contributed by atoms with E-state index < -0.39 is 24.5 Å². The highest BCUT2D eigenvalue weighted by atomic mass is 35.5. The van der Waals surface area contributed by atoms with E-state index in [2.05, 4.69) is 15.7 Å². The number of rotatable bonds is 7. The lowest BCUT2D eigenvalue weighted by atomic mass is 10.2. The Hall–Kier alpha value is -2.87. The van der Waals surface area contributed by atoms with Gasteiger partial charge in [0.1, 0.15) is 5.56 Å². The molecule has 1 aromatic carbocycles. The normalized spacial score (nSPS) is 10.4. The zero-order chi connectivity index (χ0) is 20.7. The molecule has 0 aliphatic heterocycles. The van der Waals surface area contributed by atoms with Gasteiger partial charge in [-0.2, -0.15) is 5.10 Å². The van der Waals surface area contributed by atoms with Crippen molar-refractivity contribution >= 4 is 29.5 Å². The van der Waals surface area contributed by atoms with Crippen molar-refractivity contribution in [3.05, 3.63) is 51.8 Å². The van der Waals surface area contributed by atoms with Gasteiger partial charge in [-0.25, -0.2) is 9.59 Å². The van der Waals surface area contributed by atoms with Crippen molar-refractivity contribution in [2.45, 2.75) is 33.7 Å². The molecule has 28 heavy (non-hydrogen) atoms. The van der Waals surface area contributed by atoms with E-state index in [-0.39, 0.29) is 5.56 Å². The molecule has 9 heteroatoms. The number of hydrogen-bond acceptors (Lipinski definition) is 5. The molecular weight excluding hydrogens is 384 g/mol. The summed E-state index contributed by atoms with van der Waals surface area (Å²) in [4.78, 5) is 35.6. The van der Waals surface area contributed by atoms with E-state index in [4.69, 9.17) is 16.3 Å². The summed E-state index contributed by atoms with van der Waals surface area (Å²) in [6.45, 7) is 5.60. The second-order valence-electron chi connectivity index (χ2n) is 6.18. The van der Waals surface area contributed by atoms with Crippen LogP contribution in [-0.4, -0.2) is 40.8 Å². The third kappa shape index (κ3) is 5.56. The number of nitrogens with one attached hydrogen (secondary N) is 2. The summed E-state index contributed by atoms with van der Waals surface area (Å²) < 4.78 is 6.69. The molecule has 0 radical (unpaired) electrons. The number of aryl methyl sites for hydroxylation is 1. The summed E-state index contributed by atoms with van der Waals surface area (Å²) in [5, 5.41) is 9.57. The number of carbonyl (C=O) groups is 3. The van der Waals surface area contributed by atoms with Crippen molar-refractivity contribution in [2.24, 2.45) is 0 Å². The van der Waals surface area contributed by atoms with Crippen molar-refractivity contribution < 1.29 is 19.1 Å². The molecular formula is C19H23ClN4O4. The Balaban J connectivity index is 2.00. The average Bonchev–Trinajstić information content (AvgIpc) is 2.93. The summed E-state index contributed by atoms with van der Waals surface area (Å²) in [6.07, 6.45) is 0.743. The summed E-state index contributed by atoms with van der Waals surface area (Å²) in [6, 6.07) is 6.75. The maximum atomic E-state index is 12.4. The molecule has 0 saturated heterocycles. The van der Waals surface area contributed by atoms with Gasteiger partial charge in [0.25, 0.3) is 5.91 Å². The van der Waals surface area contributed by atoms with E-state index >= 15 is 0 Å². The Bertz CT molecular complexity index is 879. The molecule has 0 aliphatic carbocycles. The first kappa shape index (κ1) is 21.4. The minimum atomic E-state index is -0.708. The number of imide groups is 1. The third-order valence-electron chi connectivity index (χ3n) is 3.99. The van der Waals surface area contributed by atoms with Gasteiger partial charge in [-0.15, -0.1) is 0 Å². The maximum Gasteiger partial charge on any atom is 0.342 e. The van der Waals surface area contributed by atoms with Crippen LogP contribution < -0.4 is 10.6 Å². The van der Waals surface area contributed by atoms with Gasteiger partial charge in [-0.3, -0.25) is 14.8 Å². The van der Waals surface area contributed by atoms with E-state index in [1.807, 2.05) is 25.1 Å². The van der Waals surface area contributed by atoms with Gasteiger partial charge in [0.15, 0.2) is 6.61 Å². The highest BCUT2D eigenvalue weighted by molar-refractivity contribution is 6.31. The molecule has 0 spiro atoms. The predicted octanol–water partition coefficient (Wildman–Crippen LogP) is 2.59. The molecule has 150 valence electrons. The molecule has 1 heterocycles. The summed E-state index contributed by atoms with van der Waals surface area (Å²) in [7, 11) is 0. The standard InChI is InChI=1S/C19H23ClN4O4/c1-4-9-21-19(27)22-16(25)11-28-18(26)17-12(2)23-24(13(17)3)10-14-7-5-6-8-15(14)20/h5-8H,4,9-11H2,1-3H3,(H2,21,22,25,27). The molecule has 0 bridgehead atoms. The number of ether oxygens (including phenoxy) is 1. The number of hydrogen-bond donors (Lipinski definition) is 2. The number of aromatic nitrogens is 2. The molecule has 0 saturated carbocycles. The van der Waals surface area contributed by atoms with Crippen LogP contribution in [0.5, 0.6) is 0 Å². The highest BCUT2D eigenvalue weighted by Gasteiger charge is 2.21. The first-order valence-corrected chi connectivity index (χ1v) is 9.23. The Morgan fingerprint density at radius 1 is 1.21 bits per heavy atom. The SMILES string of the molecule is CCCNC(=O)NC(=O)COC(=O)c1c(C)nn(Cc2ccccc2Cl)c1C. The largest absolute Gasteiger partial charge is 0.452 e. The van der Waals surface area contributed by atoms with Crippen LogP contribution in [0.1, 0.15) is 40.7 Å². The van der Waals surface area contributed by atoms with E-state index in [1.54, 1.807) is 24.6 Å². The first-order valence-electron chi connectivity index (χ1n) is 8.85. The highest BCUT2D eigenvalue weighted by Crippen LogP contribution is 2.20. The van der Waals surface area contributed by atoms with Crippen LogP contribution in [0.4, 0.5) is 4.79 Å². The predicted molar refractivity (Wildman–Crippen MR) is 104 cm³/mol. The fourth-order valence-corrected chi connectivity index (χ4v) is 2.78. The Morgan fingerprint density at radius 2 is 1.93 bits per heavy atom. The number of nitrogens with zero attached hydrogens (tertiary/aromatic N) is 2. The molecule has 0 aliphatic rings. The van der Waals surface area contributed by atoms with Crippen LogP contribution in [0.25, 0.3) is 0 Å². The van der Waals surface area contributed by atoms with Crippen molar-refractivity contribution in [2.75, 3.05) is 13.2 Å². The first-order chi connectivity index (χ1) is 13.3. The van der Waals surface area contributed by atoms with Gasteiger partial charge in [0.2, 0.25) is 0 Å². The van der Waals surface area contributed by atoms with Crippen LogP contribution in [0, 0.1) is 13.8 Å². The number of carbonyl (C=O) groups excluding carboxylic acids is 3. The minimum absolute atomic E-state index is 0.287. The number of amides is 3. The molecule has 2 aromatic rings. The number of urea groups is 1. The zero-order valence-electron chi connectivity index (χ0n) is 16.0. The monoisotopic (exact) mass is 406 g/mol. The fraction of sp³-hybridized carbons (Fsp3) is 0.368. The molecule has 2 rings (SSSR count). The van der Waals surface area contributed by atoms with Gasteiger partial charge < -0.3 is 10.1 Å². The van der Waals surface area contributed by atoms with Crippen LogP contribution >= 0.6 is 11.6 Å². The summed E-state index contributed by atoms with van der Waals surface area (Å²) >= 11 is 6.18. The zero-order valence-corrected chi connectivity index (χ0v) is 16.8. The average molecular weight is 407 g/mol. The lowest BCUT2D eigenvalue weighted by Gasteiger charge is -2.08. The Morgan fingerprint density at radius 3 is 2.61 bits per heavy atom. The molecule has 8 nitrogen and oxygen atoms in total. The van der Waals surface area contributed by atoms with Crippen LogP contribution in [0.3, 0.4) is 0 Å². The van der Waals surface area contributed by atoms with E-state index in [1.165, 1.54) is 0 Å². The minimum Gasteiger partial charge on any atom is -0.452 e. The Kier molecular flexibility index (Phi) is 7.57. The van der Waals surface area contributed by atoms with Gasteiger partial charge in [-0.05, 0) is 31.9 Å². The molecule has 0 unspecified atom stereocenters. The van der Waals surface area contributed by atoms with Crippen LogP contribution in [-0.2, 0) is 16.1 Å². The van der Waals surface area contributed by atoms with Gasteiger partial charge in [-0.1, -0.05) is 36.7 Å². The van der Waals surface area contributed by atoms with Gasteiger partial charge in [0, 0.05) is 11.6 Å². The second kappa shape index (κ2) is 9.89.